The third-order valence-electron chi connectivity index (χ3n) is 1.49. The van der Waals surface area contributed by atoms with Gasteiger partial charge in [0.2, 0.25) is 0 Å². The van der Waals surface area contributed by atoms with E-state index in [1.807, 2.05) is 22.6 Å². The Hall–Kier alpha value is -0.360. The number of ether oxygens (including phenoxy) is 1. The molecule has 0 fully saturated rings. The number of carbonyl (C=O) groups is 1. The molecule has 0 amide bonds. The minimum absolute atomic E-state index is 0.0675. The molecule has 0 unspecified atom stereocenters. The predicted molar refractivity (Wildman–Crippen MR) is 60.1 cm³/mol. The minimum Gasteiger partial charge on any atom is -0.462 e. The summed E-state index contributed by atoms with van der Waals surface area (Å²) in [6.07, 6.45) is 0. The van der Waals surface area contributed by atoms with Gasteiger partial charge in [-0.1, -0.05) is 11.6 Å². The monoisotopic (exact) mass is 328 g/mol. The standard InChI is InChI=1S/C9H7ClFIO2/c1-2-14-9(13)6-3-5(12)4-7(11)8(6)10/h3-4H,2H2,1H3. The fraction of sp³-hybridized carbons (Fsp3) is 0.222. The largest absolute Gasteiger partial charge is 0.462 e. The summed E-state index contributed by atoms with van der Waals surface area (Å²) in [5, 5.41) is -0.191. The molecule has 0 heterocycles. The first-order valence-electron chi connectivity index (χ1n) is 3.88. The molecule has 0 aromatic heterocycles. The molecule has 1 aromatic rings. The van der Waals surface area contributed by atoms with Crippen LogP contribution in [0.25, 0.3) is 0 Å². The van der Waals surface area contributed by atoms with Gasteiger partial charge in [-0.05, 0) is 41.6 Å². The van der Waals surface area contributed by atoms with Crippen molar-refractivity contribution in [2.75, 3.05) is 6.61 Å². The van der Waals surface area contributed by atoms with E-state index in [9.17, 15) is 9.18 Å². The summed E-state index contributed by atoms with van der Waals surface area (Å²) in [7, 11) is 0. The summed E-state index contributed by atoms with van der Waals surface area (Å²) in [4.78, 5) is 11.3. The van der Waals surface area contributed by atoms with E-state index < -0.39 is 11.8 Å². The lowest BCUT2D eigenvalue weighted by Crippen LogP contribution is -2.06. The number of hydrogen-bond donors (Lipinski definition) is 0. The highest BCUT2D eigenvalue weighted by Crippen LogP contribution is 2.23. The highest BCUT2D eigenvalue weighted by molar-refractivity contribution is 14.1. The predicted octanol–water partition coefficient (Wildman–Crippen LogP) is 3.26. The molecule has 0 aliphatic heterocycles. The first-order valence-corrected chi connectivity index (χ1v) is 5.33. The van der Waals surface area contributed by atoms with Crippen molar-refractivity contribution in [3.63, 3.8) is 0 Å². The Labute approximate surface area is 99.5 Å². The number of benzene rings is 1. The summed E-state index contributed by atoms with van der Waals surface area (Å²) >= 11 is 7.52. The van der Waals surface area contributed by atoms with Gasteiger partial charge in [-0.2, -0.15) is 0 Å². The van der Waals surface area contributed by atoms with Crippen LogP contribution < -0.4 is 0 Å². The molecule has 14 heavy (non-hydrogen) atoms. The van der Waals surface area contributed by atoms with Gasteiger partial charge in [0.05, 0.1) is 17.2 Å². The van der Waals surface area contributed by atoms with E-state index >= 15 is 0 Å². The number of carbonyl (C=O) groups excluding carboxylic acids is 1. The van der Waals surface area contributed by atoms with Crippen molar-refractivity contribution in [1.82, 2.24) is 0 Å². The van der Waals surface area contributed by atoms with Crippen molar-refractivity contribution in [1.29, 1.82) is 0 Å². The van der Waals surface area contributed by atoms with E-state index in [1.54, 1.807) is 6.92 Å². The molecular formula is C9H7ClFIO2. The molecule has 0 aliphatic rings. The van der Waals surface area contributed by atoms with Crippen LogP contribution in [0.4, 0.5) is 4.39 Å². The molecule has 2 nitrogen and oxygen atoms in total. The first-order chi connectivity index (χ1) is 6.56. The van der Waals surface area contributed by atoms with Crippen LogP contribution in [0.3, 0.4) is 0 Å². The van der Waals surface area contributed by atoms with Gasteiger partial charge in [-0.25, -0.2) is 9.18 Å². The van der Waals surface area contributed by atoms with Gasteiger partial charge in [-0.15, -0.1) is 0 Å². The maximum absolute atomic E-state index is 13.1. The number of esters is 1. The van der Waals surface area contributed by atoms with E-state index in [4.69, 9.17) is 16.3 Å². The van der Waals surface area contributed by atoms with Crippen LogP contribution in [-0.4, -0.2) is 12.6 Å². The van der Waals surface area contributed by atoms with Crippen LogP contribution in [0.15, 0.2) is 12.1 Å². The second kappa shape index (κ2) is 4.93. The average molecular weight is 329 g/mol. The van der Waals surface area contributed by atoms with Crippen LogP contribution in [0.1, 0.15) is 17.3 Å². The summed E-state index contributed by atoms with van der Waals surface area (Å²) in [6, 6.07) is 2.75. The molecule has 1 rings (SSSR count). The van der Waals surface area contributed by atoms with Gasteiger partial charge in [0.1, 0.15) is 5.82 Å². The third kappa shape index (κ3) is 2.57. The molecule has 0 spiro atoms. The summed E-state index contributed by atoms with van der Waals surface area (Å²) < 4.78 is 18.4. The lowest BCUT2D eigenvalue weighted by atomic mass is 10.2. The zero-order valence-corrected chi connectivity index (χ0v) is 10.2. The Kier molecular flexibility index (Phi) is 4.12. The van der Waals surface area contributed by atoms with Crippen LogP contribution in [0.5, 0.6) is 0 Å². The van der Waals surface area contributed by atoms with Gasteiger partial charge in [-0.3, -0.25) is 0 Å². The van der Waals surface area contributed by atoms with Gasteiger partial charge in [0, 0.05) is 3.57 Å². The average Bonchev–Trinajstić information content (AvgIpc) is 2.11. The lowest BCUT2D eigenvalue weighted by Gasteiger charge is -2.05. The highest BCUT2D eigenvalue weighted by atomic mass is 127. The Bertz CT molecular complexity index is 368. The van der Waals surface area contributed by atoms with Crippen molar-refractivity contribution in [2.24, 2.45) is 0 Å². The topological polar surface area (TPSA) is 26.3 Å². The Morgan fingerprint density at radius 2 is 2.29 bits per heavy atom. The molecular weight excluding hydrogens is 321 g/mol. The van der Waals surface area contributed by atoms with Gasteiger partial charge >= 0.3 is 5.97 Å². The summed E-state index contributed by atoms with van der Waals surface area (Å²) in [5.74, 6) is -1.21. The SMILES string of the molecule is CCOC(=O)c1cc(I)cc(F)c1Cl. The lowest BCUT2D eigenvalue weighted by molar-refractivity contribution is 0.0526. The number of rotatable bonds is 2. The molecule has 0 atom stereocenters. The fourth-order valence-electron chi connectivity index (χ4n) is 0.913. The summed E-state index contributed by atoms with van der Waals surface area (Å²) in [5.41, 5.74) is 0.0675. The number of halogens is 3. The zero-order chi connectivity index (χ0) is 10.7. The maximum atomic E-state index is 13.1. The zero-order valence-electron chi connectivity index (χ0n) is 7.31. The van der Waals surface area contributed by atoms with Gasteiger partial charge < -0.3 is 4.74 Å². The molecule has 0 N–H and O–H groups in total. The second-order valence-electron chi connectivity index (χ2n) is 2.47. The quantitative estimate of drug-likeness (QED) is 0.473. The third-order valence-corrected chi connectivity index (χ3v) is 2.50. The Morgan fingerprint density at radius 1 is 1.64 bits per heavy atom. The number of hydrogen-bond acceptors (Lipinski definition) is 2. The van der Waals surface area contributed by atoms with Crippen molar-refractivity contribution in [3.8, 4) is 0 Å². The van der Waals surface area contributed by atoms with E-state index in [0.29, 0.717) is 3.57 Å². The normalized spacial score (nSPS) is 10.0. The maximum Gasteiger partial charge on any atom is 0.339 e. The Balaban J connectivity index is 3.13. The molecule has 5 heteroatoms. The van der Waals surface area contributed by atoms with Crippen LogP contribution >= 0.6 is 34.2 Å². The van der Waals surface area contributed by atoms with Crippen molar-refractivity contribution >= 4 is 40.2 Å². The van der Waals surface area contributed by atoms with E-state index in [0.717, 1.165) is 0 Å². The molecule has 0 bridgehead atoms. The van der Waals surface area contributed by atoms with Crippen LogP contribution in [-0.2, 0) is 4.74 Å². The molecule has 1 aromatic carbocycles. The Morgan fingerprint density at radius 3 is 2.86 bits per heavy atom. The van der Waals surface area contributed by atoms with E-state index in [2.05, 4.69) is 0 Å². The van der Waals surface area contributed by atoms with E-state index in [1.165, 1.54) is 12.1 Å². The fourth-order valence-corrected chi connectivity index (χ4v) is 1.68. The molecule has 0 saturated carbocycles. The smallest absolute Gasteiger partial charge is 0.339 e. The van der Waals surface area contributed by atoms with E-state index in [-0.39, 0.29) is 17.2 Å². The van der Waals surface area contributed by atoms with Gasteiger partial charge in [0.25, 0.3) is 0 Å². The molecule has 0 aliphatic carbocycles. The van der Waals surface area contributed by atoms with Crippen LogP contribution in [0.2, 0.25) is 5.02 Å². The highest BCUT2D eigenvalue weighted by Gasteiger charge is 2.15. The molecule has 0 radical (unpaired) electrons. The van der Waals surface area contributed by atoms with Crippen molar-refractivity contribution in [2.45, 2.75) is 6.92 Å². The first kappa shape index (κ1) is 11.7. The van der Waals surface area contributed by atoms with Gasteiger partial charge in [0.15, 0.2) is 0 Å². The molecule has 76 valence electrons. The van der Waals surface area contributed by atoms with Crippen molar-refractivity contribution < 1.29 is 13.9 Å². The van der Waals surface area contributed by atoms with Crippen molar-refractivity contribution in [3.05, 3.63) is 32.1 Å². The summed E-state index contributed by atoms with van der Waals surface area (Å²) in [6.45, 7) is 1.92. The van der Waals surface area contributed by atoms with Crippen LogP contribution in [0, 0.1) is 9.39 Å². The molecule has 0 saturated heterocycles. The second-order valence-corrected chi connectivity index (χ2v) is 4.09. The minimum atomic E-state index is -0.610.